The third kappa shape index (κ3) is 3.25. The molecular formula is C15H22O3. The fraction of sp³-hybridized carbons (Fsp3) is 0.533. The summed E-state index contributed by atoms with van der Waals surface area (Å²) < 4.78 is 10.6. The number of hydrogen-bond acceptors (Lipinski definition) is 3. The zero-order valence-corrected chi connectivity index (χ0v) is 11.9. The first-order valence-corrected chi connectivity index (χ1v) is 6.39. The molecule has 0 amide bonds. The van der Waals surface area contributed by atoms with E-state index in [4.69, 9.17) is 9.47 Å². The minimum absolute atomic E-state index is 0.174. The number of esters is 1. The van der Waals surface area contributed by atoms with Crippen LogP contribution in [0.3, 0.4) is 0 Å². The highest BCUT2D eigenvalue weighted by Crippen LogP contribution is 2.28. The van der Waals surface area contributed by atoms with Crippen LogP contribution in [-0.4, -0.2) is 19.2 Å². The van der Waals surface area contributed by atoms with Gasteiger partial charge in [-0.2, -0.15) is 0 Å². The molecule has 0 aliphatic heterocycles. The van der Waals surface area contributed by atoms with Crippen molar-refractivity contribution in [1.82, 2.24) is 0 Å². The third-order valence-electron chi connectivity index (χ3n) is 3.13. The molecule has 0 unspecified atom stereocenters. The van der Waals surface area contributed by atoms with Gasteiger partial charge in [0.1, 0.15) is 5.75 Å². The zero-order chi connectivity index (χ0) is 13.7. The maximum Gasteiger partial charge on any atom is 0.310 e. The van der Waals surface area contributed by atoms with Gasteiger partial charge in [0, 0.05) is 0 Å². The smallest absolute Gasteiger partial charge is 0.310 e. The molecule has 1 rings (SSSR count). The Bertz CT molecular complexity index is 436. The second-order valence-electron chi connectivity index (χ2n) is 4.33. The maximum absolute atomic E-state index is 11.6. The van der Waals surface area contributed by atoms with Gasteiger partial charge in [-0.05, 0) is 62.9 Å². The molecule has 18 heavy (non-hydrogen) atoms. The second kappa shape index (κ2) is 6.43. The minimum atomic E-state index is -0.174. The lowest BCUT2D eigenvalue weighted by Gasteiger charge is -2.16. The number of carbonyl (C=O) groups is 1. The lowest BCUT2D eigenvalue weighted by molar-refractivity contribution is -0.142. The summed E-state index contributed by atoms with van der Waals surface area (Å²) in [4.78, 5) is 11.6. The van der Waals surface area contributed by atoms with E-state index in [1.807, 2.05) is 40.7 Å². The Morgan fingerprint density at radius 3 is 2.33 bits per heavy atom. The van der Waals surface area contributed by atoms with E-state index in [0.29, 0.717) is 19.6 Å². The molecule has 1 aromatic carbocycles. The molecule has 0 atom stereocenters. The van der Waals surface area contributed by atoms with Crippen LogP contribution >= 0.6 is 0 Å². The Hall–Kier alpha value is -1.51. The molecule has 0 radical (unpaired) electrons. The number of benzene rings is 1. The van der Waals surface area contributed by atoms with Crippen molar-refractivity contribution in [3.8, 4) is 5.75 Å². The number of rotatable bonds is 5. The van der Waals surface area contributed by atoms with Crippen LogP contribution in [0.2, 0.25) is 0 Å². The lowest BCUT2D eigenvalue weighted by atomic mass is 9.95. The van der Waals surface area contributed by atoms with Crippen molar-refractivity contribution in [2.45, 2.75) is 41.0 Å². The van der Waals surface area contributed by atoms with E-state index in [1.165, 1.54) is 0 Å². The van der Waals surface area contributed by atoms with Gasteiger partial charge in [0.2, 0.25) is 0 Å². The van der Waals surface area contributed by atoms with Gasteiger partial charge in [-0.15, -0.1) is 0 Å². The van der Waals surface area contributed by atoms with Crippen molar-refractivity contribution in [3.05, 3.63) is 28.3 Å². The minimum Gasteiger partial charge on any atom is -0.494 e. The molecule has 100 valence electrons. The highest BCUT2D eigenvalue weighted by molar-refractivity contribution is 5.74. The number of ether oxygens (including phenoxy) is 2. The topological polar surface area (TPSA) is 35.5 Å². The first-order chi connectivity index (χ1) is 8.51. The number of hydrogen-bond donors (Lipinski definition) is 0. The van der Waals surface area contributed by atoms with Gasteiger partial charge >= 0.3 is 5.97 Å². The molecule has 3 heteroatoms. The van der Waals surface area contributed by atoms with Crippen LogP contribution in [0.15, 0.2) is 6.07 Å². The summed E-state index contributed by atoms with van der Waals surface area (Å²) in [5.41, 5.74) is 4.34. The van der Waals surface area contributed by atoms with Crippen molar-refractivity contribution in [2.75, 3.05) is 13.2 Å². The summed E-state index contributed by atoms with van der Waals surface area (Å²) in [6.07, 6.45) is 0.332. The Kier molecular flexibility index (Phi) is 5.20. The van der Waals surface area contributed by atoms with Crippen molar-refractivity contribution >= 4 is 5.97 Å². The summed E-state index contributed by atoms with van der Waals surface area (Å²) >= 11 is 0. The van der Waals surface area contributed by atoms with Crippen molar-refractivity contribution in [3.63, 3.8) is 0 Å². The van der Waals surface area contributed by atoms with E-state index in [2.05, 4.69) is 0 Å². The van der Waals surface area contributed by atoms with Gasteiger partial charge in [0.15, 0.2) is 0 Å². The standard InChI is InChI=1S/C15H22O3/c1-6-17-14-8-10(3)13(11(4)12(14)5)9-15(16)18-7-2/h8H,6-7,9H2,1-5H3. The normalized spacial score (nSPS) is 10.3. The molecule has 0 saturated carbocycles. The lowest BCUT2D eigenvalue weighted by Crippen LogP contribution is -2.11. The molecule has 0 spiro atoms. The predicted octanol–water partition coefficient (Wildman–Crippen LogP) is 3.12. The van der Waals surface area contributed by atoms with Crippen LogP contribution in [0.5, 0.6) is 5.75 Å². The summed E-state index contributed by atoms with van der Waals surface area (Å²) in [7, 11) is 0. The van der Waals surface area contributed by atoms with E-state index < -0.39 is 0 Å². The van der Waals surface area contributed by atoms with E-state index >= 15 is 0 Å². The summed E-state index contributed by atoms with van der Waals surface area (Å²) in [5.74, 6) is 0.729. The van der Waals surface area contributed by atoms with Crippen molar-refractivity contribution in [1.29, 1.82) is 0 Å². The highest BCUT2D eigenvalue weighted by atomic mass is 16.5. The third-order valence-corrected chi connectivity index (χ3v) is 3.13. The van der Waals surface area contributed by atoms with Gasteiger partial charge in [-0.25, -0.2) is 0 Å². The van der Waals surface area contributed by atoms with Gasteiger partial charge in [0.05, 0.1) is 19.6 Å². The number of aryl methyl sites for hydroxylation is 1. The summed E-state index contributed by atoms with van der Waals surface area (Å²) in [6.45, 7) is 10.9. The first kappa shape index (κ1) is 14.6. The fourth-order valence-corrected chi connectivity index (χ4v) is 2.03. The molecule has 0 bridgehead atoms. The molecule has 0 fully saturated rings. The Balaban J connectivity index is 3.06. The van der Waals surface area contributed by atoms with E-state index in [9.17, 15) is 4.79 Å². The number of carbonyl (C=O) groups excluding carboxylic acids is 1. The molecule has 0 aliphatic rings. The first-order valence-electron chi connectivity index (χ1n) is 6.39. The van der Waals surface area contributed by atoms with Crippen LogP contribution in [0.1, 0.15) is 36.1 Å². The molecule has 0 aromatic heterocycles. The second-order valence-corrected chi connectivity index (χ2v) is 4.33. The molecule has 0 heterocycles. The van der Waals surface area contributed by atoms with E-state index in [0.717, 1.165) is 28.0 Å². The van der Waals surface area contributed by atoms with Crippen LogP contribution < -0.4 is 4.74 Å². The quantitative estimate of drug-likeness (QED) is 0.753. The molecule has 0 saturated heterocycles. The highest BCUT2D eigenvalue weighted by Gasteiger charge is 2.14. The van der Waals surface area contributed by atoms with Crippen LogP contribution in [0.25, 0.3) is 0 Å². The molecule has 1 aromatic rings. The fourth-order valence-electron chi connectivity index (χ4n) is 2.03. The molecular weight excluding hydrogens is 228 g/mol. The average molecular weight is 250 g/mol. The van der Waals surface area contributed by atoms with Gasteiger partial charge < -0.3 is 9.47 Å². The monoisotopic (exact) mass is 250 g/mol. The molecule has 0 aliphatic carbocycles. The molecule has 3 nitrogen and oxygen atoms in total. The maximum atomic E-state index is 11.6. The van der Waals surface area contributed by atoms with E-state index in [1.54, 1.807) is 0 Å². The van der Waals surface area contributed by atoms with Crippen molar-refractivity contribution < 1.29 is 14.3 Å². The summed E-state index contributed by atoms with van der Waals surface area (Å²) in [5, 5.41) is 0. The van der Waals surface area contributed by atoms with Crippen LogP contribution in [0.4, 0.5) is 0 Å². The van der Waals surface area contributed by atoms with Crippen LogP contribution in [-0.2, 0) is 16.0 Å². The molecule has 0 N–H and O–H groups in total. The summed E-state index contributed by atoms with van der Waals surface area (Å²) in [6, 6.07) is 2.00. The Morgan fingerprint density at radius 2 is 1.78 bits per heavy atom. The average Bonchev–Trinajstić information content (AvgIpc) is 2.32. The van der Waals surface area contributed by atoms with Crippen LogP contribution in [0, 0.1) is 20.8 Å². The van der Waals surface area contributed by atoms with Gasteiger partial charge in [-0.1, -0.05) is 0 Å². The Labute approximate surface area is 109 Å². The largest absolute Gasteiger partial charge is 0.494 e. The SMILES string of the molecule is CCOC(=O)Cc1c(C)cc(OCC)c(C)c1C. The van der Waals surface area contributed by atoms with Gasteiger partial charge in [-0.3, -0.25) is 4.79 Å². The Morgan fingerprint density at radius 1 is 1.11 bits per heavy atom. The zero-order valence-electron chi connectivity index (χ0n) is 11.9. The van der Waals surface area contributed by atoms with Gasteiger partial charge in [0.25, 0.3) is 0 Å². The predicted molar refractivity (Wildman–Crippen MR) is 72.2 cm³/mol. The van der Waals surface area contributed by atoms with E-state index in [-0.39, 0.29) is 5.97 Å². The van der Waals surface area contributed by atoms with Crippen molar-refractivity contribution in [2.24, 2.45) is 0 Å².